The number of benzene rings is 1. The van der Waals surface area contributed by atoms with Crippen LogP contribution in [0.4, 0.5) is 0 Å². The molecule has 0 N–H and O–H groups in total. The molecule has 0 fully saturated rings. The fraction of sp³-hybridized carbons (Fsp3) is 0.333. The van der Waals surface area contributed by atoms with Crippen LogP contribution in [-0.4, -0.2) is 16.4 Å². The van der Waals surface area contributed by atoms with Gasteiger partial charge in [-0.1, -0.05) is 19.1 Å². The van der Waals surface area contributed by atoms with Crippen LogP contribution >= 0.6 is 0 Å². The minimum atomic E-state index is -0.0862. The van der Waals surface area contributed by atoms with E-state index in [0.29, 0.717) is 6.54 Å². The van der Waals surface area contributed by atoms with Crippen LogP contribution in [0.5, 0.6) is 5.75 Å². The third-order valence-electron chi connectivity index (χ3n) is 2.73. The zero-order chi connectivity index (χ0) is 13.7. The molecule has 0 saturated carbocycles. The Morgan fingerprint density at radius 1 is 1.16 bits per heavy atom. The maximum Gasteiger partial charge on any atom is 0.267 e. The molecule has 0 aliphatic carbocycles. The molecule has 19 heavy (non-hydrogen) atoms. The van der Waals surface area contributed by atoms with E-state index >= 15 is 0 Å². The molecule has 0 spiro atoms. The van der Waals surface area contributed by atoms with Gasteiger partial charge in [0.1, 0.15) is 5.75 Å². The summed E-state index contributed by atoms with van der Waals surface area (Å²) in [7, 11) is 0. The molecule has 0 atom stereocenters. The summed E-state index contributed by atoms with van der Waals surface area (Å²) in [6.45, 7) is 5.15. The highest BCUT2D eigenvalue weighted by Gasteiger charge is 2.00. The zero-order valence-electron chi connectivity index (χ0n) is 11.3. The van der Waals surface area contributed by atoms with Crippen LogP contribution in [0.25, 0.3) is 0 Å². The van der Waals surface area contributed by atoms with Crippen molar-refractivity contribution in [2.24, 2.45) is 0 Å². The molecule has 1 heterocycles. The monoisotopic (exact) mass is 258 g/mol. The molecule has 0 radical (unpaired) electrons. The number of hydrogen-bond acceptors (Lipinski definition) is 3. The summed E-state index contributed by atoms with van der Waals surface area (Å²) < 4.78 is 6.99. The van der Waals surface area contributed by atoms with Gasteiger partial charge in [0.25, 0.3) is 5.56 Å². The highest BCUT2D eigenvalue weighted by atomic mass is 16.5. The van der Waals surface area contributed by atoms with E-state index in [2.05, 4.69) is 12.0 Å². The quantitative estimate of drug-likeness (QED) is 0.827. The first kappa shape index (κ1) is 13.3. The molecule has 1 aromatic heterocycles. The molecule has 4 nitrogen and oxygen atoms in total. The molecule has 0 amide bonds. The van der Waals surface area contributed by atoms with Gasteiger partial charge in [0.05, 0.1) is 18.8 Å². The van der Waals surface area contributed by atoms with Crippen molar-refractivity contribution in [2.75, 3.05) is 6.61 Å². The van der Waals surface area contributed by atoms with Gasteiger partial charge in [-0.15, -0.1) is 0 Å². The van der Waals surface area contributed by atoms with Crippen LogP contribution < -0.4 is 10.3 Å². The summed E-state index contributed by atoms with van der Waals surface area (Å²) in [5, 5.41) is 4.21. The molecule has 0 aliphatic rings. The first-order valence-corrected chi connectivity index (χ1v) is 6.45. The Kier molecular flexibility index (Phi) is 4.34. The van der Waals surface area contributed by atoms with Crippen molar-refractivity contribution in [1.82, 2.24) is 9.78 Å². The second-order valence-corrected chi connectivity index (χ2v) is 4.46. The summed E-state index contributed by atoms with van der Waals surface area (Å²) in [4.78, 5) is 11.7. The summed E-state index contributed by atoms with van der Waals surface area (Å²) in [5.41, 5.74) is 1.78. The minimum Gasteiger partial charge on any atom is -0.494 e. The Hall–Kier alpha value is -2.10. The third-order valence-corrected chi connectivity index (χ3v) is 2.73. The van der Waals surface area contributed by atoms with Crippen molar-refractivity contribution in [3.8, 4) is 5.75 Å². The Bertz CT molecular complexity index is 588. The van der Waals surface area contributed by atoms with Crippen LogP contribution in [0.1, 0.15) is 24.6 Å². The minimum absolute atomic E-state index is 0.0862. The molecular weight excluding hydrogens is 240 g/mol. The molecule has 0 bridgehead atoms. The van der Waals surface area contributed by atoms with Gasteiger partial charge >= 0.3 is 0 Å². The number of hydrogen-bond donors (Lipinski definition) is 0. The Morgan fingerprint density at radius 3 is 2.58 bits per heavy atom. The summed E-state index contributed by atoms with van der Waals surface area (Å²) in [6, 6.07) is 11.0. The Balaban J connectivity index is 2.11. The van der Waals surface area contributed by atoms with Crippen LogP contribution in [0.15, 0.2) is 41.2 Å². The maximum atomic E-state index is 11.7. The van der Waals surface area contributed by atoms with E-state index < -0.39 is 0 Å². The lowest BCUT2D eigenvalue weighted by molar-refractivity contribution is 0.317. The van der Waals surface area contributed by atoms with Crippen LogP contribution in [0.3, 0.4) is 0 Å². The molecule has 0 unspecified atom stereocenters. The van der Waals surface area contributed by atoms with E-state index in [0.717, 1.165) is 30.0 Å². The van der Waals surface area contributed by atoms with E-state index in [1.54, 1.807) is 12.1 Å². The Morgan fingerprint density at radius 2 is 1.89 bits per heavy atom. The topological polar surface area (TPSA) is 44.1 Å². The number of aryl methyl sites for hydroxylation is 1. The average molecular weight is 258 g/mol. The molecule has 2 rings (SSSR count). The summed E-state index contributed by atoms with van der Waals surface area (Å²) in [5.74, 6) is 0.857. The van der Waals surface area contributed by atoms with Gasteiger partial charge in [-0.05, 0) is 37.1 Å². The van der Waals surface area contributed by atoms with Gasteiger partial charge < -0.3 is 4.74 Å². The van der Waals surface area contributed by atoms with E-state index in [9.17, 15) is 4.79 Å². The zero-order valence-corrected chi connectivity index (χ0v) is 11.3. The number of nitrogens with zero attached hydrogens (tertiary/aromatic N) is 2. The molecule has 2 aromatic rings. The number of rotatable bonds is 5. The van der Waals surface area contributed by atoms with Gasteiger partial charge in [0.2, 0.25) is 0 Å². The van der Waals surface area contributed by atoms with Crippen LogP contribution in [0.2, 0.25) is 0 Å². The first-order chi connectivity index (χ1) is 9.19. The second kappa shape index (κ2) is 6.18. The van der Waals surface area contributed by atoms with Crippen LogP contribution in [0, 0.1) is 6.92 Å². The van der Waals surface area contributed by atoms with E-state index in [1.807, 2.05) is 31.2 Å². The SMILES string of the molecule is CCCOc1ccc(Cn2nc(C)ccc2=O)cc1. The molecule has 4 heteroatoms. The fourth-order valence-corrected chi connectivity index (χ4v) is 1.75. The van der Waals surface area contributed by atoms with Crippen molar-refractivity contribution in [3.05, 3.63) is 58.0 Å². The molecule has 0 saturated heterocycles. The highest BCUT2D eigenvalue weighted by Crippen LogP contribution is 2.12. The van der Waals surface area contributed by atoms with E-state index in [1.165, 1.54) is 4.68 Å². The maximum absolute atomic E-state index is 11.7. The smallest absolute Gasteiger partial charge is 0.267 e. The normalized spacial score (nSPS) is 10.4. The van der Waals surface area contributed by atoms with Crippen molar-refractivity contribution in [2.45, 2.75) is 26.8 Å². The predicted octanol–water partition coefficient (Wildman–Crippen LogP) is 2.39. The Labute approximate surface area is 112 Å². The largest absolute Gasteiger partial charge is 0.494 e. The highest BCUT2D eigenvalue weighted by molar-refractivity contribution is 5.27. The fourth-order valence-electron chi connectivity index (χ4n) is 1.75. The number of aromatic nitrogens is 2. The van der Waals surface area contributed by atoms with Gasteiger partial charge in [-0.3, -0.25) is 4.79 Å². The van der Waals surface area contributed by atoms with E-state index in [4.69, 9.17) is 4.74 Å². The van der Waals surface area contributed by atoms with E-state index in [-0.39, 0.29) is 5.56 Å². The van der Waals surface area contributed by atoms with Crippen molar-refractivity contribution in [1.29, 1.82) is 0 Å². The van der Waals surface area contributed by atoms with Crippen molar-refractivity contribution >= 4 is 0 Å². The molecule has 0 aliphatic heterocycles. The lowest BCUT2D eigenvalue weighted by atomic mass is 10.2. The molecule has 1 aromatic carbocycles. The average Bonchev–Trinajstić information content (AvgIpc) is 2.42. The summed E-state index contributed by atoms with van der Waals surface area (Å²) in [6.07, 6.45) is 0.990. The standard InChI is InChI=1S/C15H18N2O2/c1-3-10-19-14-7-5-13(6-8-14)11-17-15(18)9-4-12(2)16-17/h4-9H,3,10-11H2,1-2H3. The van der Waals surface area contributed by atoms with Crippen molar-refractivity contribution < 1.29 is 4.74 Å². The van der Waals surface area contributed by atoms with Gasteiger partial charge in [-0.25, -0.2) is 4.68 Å². The molecule has 100 valence electrons. The lowest BCUT2D eigenvalue weighted by Gasteiger charge is -2.07. The first-order valence-electron chi connectivity index (χ1n) is 6.45. The summed E-state index contributed by atoms with van der Waals surface area (Å²) >= 11 is 0. The second-order valence-electron chi connectivity index (χ2n) is 4.46. The van der Waals surface area contributed by atoms with Gasteiger partial charge in [0.15, 0.2) is 0 Å². The number of ether oxygens (including phenoxy) is 1. The predicted molar refractivity (Wildman–Crippen MR) is 74.6 cm³/mol. The van der Waals surface area contributed by atoms with Gasteiger partial charge in [0, 0.05) is 6.07 Å². The lowest BCUT2D eigenvalue weighted by Crippen LogP contribution is -2.22. The van der Waals surface area contributed by atoms with Crippen molar-refractivity contribution in [3.63, 3.8) is 0 Å². The molecular formula is C15H18N2O2. The van der Waals surface area contributed by atoms with Crippen LogP contribution in [-0.2, 0) is 6.54 Å². The third kappa shape index (κ3) is 3.68. The van der Waals surface area contributed by atoms with Gasteiger partial charge in [-0.2, -0.15) is 5.10 Å².